The molecule has 0 amide bonds. The quantitative estimate of drug-likeness (QED) is 0.304. The van der Waals surface area contributed by atoms with Crippen LogP contribution in [0.3, 0.4) is 0 Å². The van der Waals surface area contributed by atoms with Crippen LogP contribution in [0.25, 0.3) is 0 Å². The Morgan fingerprint density at radius 3 is 1.15 bits per heavy atom. The Morgan fingerprint density at radius 1 is 0.485 bits per heavy atom. The average Bonchev–Trinajstić information content (AvgIpc) is 2.83. The first-order valence-corrected chi connectivity index (χ1v) is 15.7. The summed E-state index contributed by atoms with van der Waals surface area (Å²) in [4.78, 5) is 0. The van der Waals surface area contributed by atoms with E-state index in [1.807, 2.05) is 0 Å². The van der Waals surface area contributed by atoms with Gasteiger partial charge in [0.05, 0.1) is 0 Å². The molecule has 0 heterocycles. The smallest absolute Gasteiger partial charge is 0.0297 e. The molecule has 0 heteroatoms. The van der Waals surface area contributed by atoms with Crippen molar-refractivity contribution >= 4 is 0 Å². The number of allylic oxidation sites excluding steroid dienone is 1. The summed E-state index contributed by atoms with van der Waals surface area (Å²) < 4.78 is 0. The molecular formula is C33H58. The molecule has 0 unspecified atom stereocenters. The van der Waals surface area contributed by atoms with E-state index < -0.39 is 0 Å². The molecule has 0 N–H and O–H groups in total. The van der Waals surface area contributed by atoms with Crippen molar-refractivity contribution in [2.45, 2.75) is 149 Å². The molecule has 4 saturated carbocycles. The topological polar surface area (TPSA) is 0 Å². The van der Waals surface area contributed by atoms with Crippen LogP contribution in [0.15, 0.2) is 12.2 Å². The van der Waals surface area contributed by atoms with E-state index in [1.54, 1.807) is 83.5 Å². The molecule has 0 saturated heterocycles. The first kappa shape index (κ1) is 25.8. The first-order valence-electron chi connectivity index (χ1n) is 15.7. The van der Waals surface area contributed by atoms with Crippen molar-refractivity contribution in [2.75, 3.05) is 0 Å². The molecule has 0 aromatic carbocycles. The van der Waals surface area contributed by atoms with Gasteiger partial charge in [-0.3, -0.25) is 0 Å². The minimum atomic E-state index is 0.959. The lowest BCUT2D eigenvalue weighted by Gasteiger charge is -2.38. The molecule has 0 aromatic rings. The third-order valence-electron chi connectivity index (χ3n) is 11.2. The minimum absolute atomic E-state index is 0.959. The number of hydrogen-bond acceptors (Lipinski definition) is 0. The van der Waals surface area contributed by atoms with Crippen molar-refractivity contribution in [3.8, 4) is 0 Å². The second-order valence-corrected chi connectivity index (χ2v) is 13.9. The lowest BCUT2D eigenvalue weighted by Crippen LogP contribution is -2.25. The van der Waals surface area contributed by atoms with Gasteiger partial charge in [0.15, 0.2) is 0 Å². The summed E-state index contributed by atoms with van der Waals surface area (Å²) in [6.07, 6.45) is 32.2. The Morgan fingerprint density at radius 2 is 0.788 bits per heavy atom. The third kappa shape index (κ3) is 8.42. The van der Waals surface area contributed by atoms with Crippen molar-refractivity contribution < 1.29 is 0 Å². The zero-order valence-electron chi connectivity index (χ0n) is 22.7. The molecule has 4 rings (SSSR count). The summed E-state index contributed by atoms with van der Waals surface area (Å²) in [7, 11) is 0. The molecule has 0 spiro atoms. The summed E-state index contributed by atoms with van der Waals surface area (Å²) in [5.74, 6) is 8.46. The molecule has 0 nitrogen and oxygen atoms in total. The zero-order chi connectivity index (χ0) is 23.0. The molecular weight excluding hydrogens is 396 g/mol. The van der Waals surface area contributed by atoms with E-state index in [-0.39, 0.29) is 0 Å². The van der Waals surface area contributed by atoms with E-state index in [0.29, 0.717) is 0 Å². The maximum Gasteiger partial charge on any atom is -0.0297 e. The average molecular weight is 455 g/mol. The fourth-order valence-corrected chi connectivity index (χ4v) is 8.67. The largest absolute Gasteiger partial charge is 0.100 e. The van der Waals surface area contributed by atoms with Crippen molar-refractivity contribution in [3.63, 3.8) is 0 Å². The molecule has 33 heavy (non-hydrogen) atoms. The fraction of sp³-hybridized carbons (Fsp3) is 0.939. The van der Waals surface area contributed by atoms with Gasteiger partial charge in [0, 0.05) is 0 Å². The monoisotopic (exact) mass is 454 g/mol. The Hall–Kier alpha value is -0.260. The maximum atomic E-state index is 4.13. The van der Waals surface area contributed by atoms with E-state index in [1.165, 1.54) is 56.9 Å². The predicted molar refractivity (Wildman–Crippen MR) is 145 cm³/mol. The van der Waals surface area contributed by atoms with Gasteiger partial charge >= 0.3 is 0 Å². The Balaban J connectivity index is 1.03. The van der Waals surface area contributed by atoms with Gasteiger partial charge in [0.1, 0.15) is 0 Å². The Labute approximate surface area is 208 Å². The van der Waals surface area contributed by atoms with Crippen LogP contribution >= 0.6 is 0 Å². The van der Waals surface area contributed by atoms with Crippen LogP contribution < -0.4 is 0 Å². The van der Waals surface area contributed by atoms with Crippen molar-refractivity contribution in [1.82, 2.24) is 0 Å². The summed E-state index contributed by atoms with van der Waals surface area (Å²) in [6, 6.07) is 0. The van der Waals surface area contributed by atoms with Gasteiger partial charge in [0.2, 0.25) is 0 Å². The molecule has 4 fully saturated rings. The highest BCUT2D eigenvalue weighted by molar-refractivity contribution is 4.91. The number of rotatable bonds is 9. The van der Waals surface area contributed by atoms with Crippen LogP contribution in [-0.2, 0) is 0 Å². The summed E-state index contributed by atoms with van der Waals surface area (Å²) in [5, 5.41) is 0. The highest BCUT2D eigenvalue weighted by Gasteiger charge is 2.30. The minimum Gasteiger partial charge on any atom is -0.100 e. The van der Waals surface area contributed by atoms with Crippen molar-refractivity contribution in [2.24, 2.45) is 47.3 Å². The van der Waals surface area contributed by atoms with Crippen molar-refractivity contribution in [1.29, 1.82) is 0 Å². The normalized spacial score (nSPS) is 40.4. The summed E-state index contributed by atoms with van der Waals surface area (Å²) in [5.41, 5.74) is 1.40. The van der Waals surface area contributed by atoms with Crippen LogP contribution in [0.5, 0.6) is 0 Å². The number of hydrogen-bond donors (Lipinski definition) is 0. The summed E-state index contributed by atoms with van der Waals surface area (Å²) in [6.45, 7) is 8.82. The first-order chi connectivity index (χ1) is 16.0. The second-order valence-electron chi connectivity index (χ2n) is 13.9. The Kier molecular flexibility index (Phi) is 10.3. The lowest BCUT2D eigenvalue weighted by atomic mass is 9.68. The van der Waals surface area contributed by atoms with Crippen LogP contribution in [0, 0.1) is 47.3 Å². The van der Waals surface area contributed by atoms with Crippen LogP contribution in [0.4, 0.5) is 0 Å². The lowest BCUT2D eigenvalue weighted by molar-refractivity contribution is 0.141. The molecule has 4 aliphatic carbocycles. The van der Waals surface area contributed by atoms with Gasteiger partial charge in [-0.2, -0.15) is 0 Å². The van der Waals surface area contributed by atoms with Gasteiger partial charge < -0.3 is 0 Å². The van der Waals surface area contributed by atoms with E-state index in [4.69, 9.17) is 0 Å². The van der Waals surface area contributed by atoms with E-state index in [2.05, 4.69) is 20.4 Å². The zero-order valence-corrected chi connectivity index (χ0v) is 22.7. The Bertz CT molecular complexity index is 543. The van der Waals surface area contributed by atoms with Crippen molar-refractivity contribution in [3.05, 3.63) is 12.2 Å². The van der Waals surface area contributed by atoms with Crippen LogP contribution in [0.1, 0.15) is 149 Å². The van der Waals surface area contributed by atoms with Gasteiger partial charge in [-0.25, -0.2) is 0 Å². The van der Waals surface area contributed by atoms with E-state index >= 15 is 0 Å². The van der Waals surface area contributed by atoms with Gasteiger partial charge in [-0.1, -0.05) is 102 Å². The fourth-order valence-electron chi connectivity index (χ4n) is 8.67. The molecule has 0 aromatic heterocycles. The summed E-state index contributed by atoms with van der Waals surface area (Å²) >= 11 is 0. The van der Waals surface area contributed by atoms with Gasteiger partial charge in [0.25, 0.3) is 0 Å². The van der Waals surface area contributed by atoms with E-state index in [0.717, 1.165) is 47.3 Å². The SMILES string of the molecule is C=C(C)CC1CCC(CCC2CCC(CCC3CCC(C4CCC(C)CC4)CC3)CC2)CC1. The molecule has 0 atom stereocenters. The molecule has 190 valence electrons. The van der Waals surface area contributed by atoms with Crippen LogP contribution in [-0.4, -0.2) is 0 Å². The molecule has 4 aliphatic rings. The van der Waals surface area contributed by atoms with E-state index in [9.17, 15) is 0 Å². The van der Waals surface area contributed by atoms with Gasteiger partial charge in [-0.05, 0) is 99.2 Å². The highest BCUT2D eigenvalue weighted by Crippen LogP contribution is 2.43. The van der Waals surface area contributed by atoms with Crippen LogP contribution in [0.2, 0.25) is 0 Å². The standard InChI is InChI=1S/C33H58/c1-25(2)24-31-16-14-29(15-17-31)11-10-27-6-8-28(9-7-27)12-13-30-18-22-33(23-19-30)32-20-4-26(3)5-21-32/h26-33H,1,4-24H2,2-3H3. The molecule has 0 bridgehead atoms. The van der Waals surface area contributed by atoms with Gasteiger partial charge in [-0.15, -0.1) is 6.58 Å². The highest BCUT2D eigenvalue weighted by atomic mass is 14.4. The predicted octanol–water partition coefficient (Wildman–Crippen LogP) is 10.8. The third-order valence-corrected chi connectivity index (χ3v) is 11.2. The molecule has 0 radical (unpaired) electrons. The maximum absolute atomic E-state index is 4.13. The second kappa shape index (κ2) is 13.2. The molecule has 0 aliphatic heterocycles.